The van der Waals surface area contributed by atoms with Crippen molar-refractivity contribution in [2.45, 2.75) is 12.1 Å². The van der Waals surface area contributed by atoms with Gasteiger partial charge < -0.3 is 20.3 Å². The Morgan fingerprint density at radius 1 is 0.758 bits per heavy atom. The Hall–Kier alpha value is -4.16. The number of nitrogens with one attached hydrogen (secondary N) is 1. The number of rotatable bonds is 8. The molecule has 0 saturated heterocycles. The molecular formula is C27H23NO5. The predicted octanol–water partition coefficient (Wildman–Crippen LogP) is 4.24. The maximum atomic E-state index is 12.8. The molecule has 6 heteroatoms. The molecule has 1 unspecified atom stereocenters. The number of fused-ring (bicyclic) bond motifs is 1. The summed E-state index contributed by atoms with van der Waals surface area (Å²) < 4.78 is 5.81. The quantitative estimate of drug-likeness (QED) is 0.380. The van der Waals surface area contributed by atoms with Gasteiger partial charge in [-0.25, -0.2) is 4.79 Å². The predicted molar refractivity (Wildman–Crippen MR) is 125 cm³/mol. The third kappa shape index (κ3) is 5.02. The van der Waals surface area contributed by atoms with Gasteiger partial charge in [0.25, 0.3) is 5.91 Å². The van der Waals surface area contributed by atoms with Gasteiger partial charge in [0.05, 0.1) is 6.04 Å². The van der Waals surface area contributed by atoms with Crippen LogP contribution in [0.1, 0.15) is 28.8 Å². The summed E-state index contributed by atoms with van der Waals surface area (Å²) in [5.41, 5.74) is 2.17. The van der Waals surface area contributed by atoms with E-state index in [-0.39, 0.29) is 24.1 Å². The van der Waals surface area contributed by atoms with Gasteiger partial charge in [-0.15, -0.1) is 0 Å². The van der Waals surface area contributed by atoms with Gasteiger partial charge in [-0.3, -0.25) is 4.79 Å². The van der Waals surface area contributed by atoms with Gasteiger partial charge in [0.2, 0.25) is 0 Å². The van der Waals surface area contributed by atoms with Crippen molar-refractivity contribution in [1.29, 1.82) is 0 Å². The number of hydrogen-bond acceptors (Lipinski definition) is 4. The molecular weight excluding hydrogens is 418 g/mol. The number of carboxylic acids is 1. The van der Waals surface area contributed by atoms with Gasteiger partial charge >= 0.3 is 5.97 Å². The topological polar surface area (TPSA) is 95.9 Å². The highest BCUT2D eigenvalue weighted by atomic mass is 16.5. The third-order valence-corrected chi connectivity index (χ3v) is 5.37. The fourth-order valence-corrected chi connectivity index (χ4v) is 3.80. The van der Waals surface area contributed by atoms with Crippen LogP contribution in [0.3, 0.4) is 0 Å². The third-order valence-electron chi connectivity index (χ3n) is 5.37. The molecule has 1 amide bonds. The van der Waals surface area contributed by atoms with Crippen LogP contribution in [0, 0.1) is 0 Å². The standard InChI is InChI=1S/C27H23NO5/c29-24(28-25(18-9-3-1-4-10-18)19-11-5-2-6-12-19)17-33-23-16-8-13-20-21(23)14-7-15-22(20)26(30)27(31)32/h1-16,25-26,30H,17H2,(H,28,29)(H,31,32). The minimum absolute atomic E-state index is 0.221. The molecule has 0 spiro atoms. The molecule has 4 aromatic carbocycles. The number of carbonyl (C=O) groups excluding carboxylic acids is 1. The highest BCUT2D eigenvalue weighted by Gasteiger charge is 2.20. The van der Waals surface area contributed by atoms with Crippen molar-refractivity contribution < 1.29 is 24.5 Å². The summed E-state index contributed by atoms with van der Waals surface area (Å²) >= 11 is 0. The second-order valence-corrected chi connectivity index (χ2v) is 7.55. The molecule has 6 nitrogen and oxygen atoms in total. The normalized spacial score (nSPS) is 11.8. The highest BCUT2D eigenvalue weighted by molar-refractivity contribution is 5.94. The molecule has 0 heterocycles. The maximum absolute atomic E-state index is 12.8. The van der Waals surface area contributed by atoms with E-state index in [1.165, 1.54) is 0 Å². The van der Waals surface area contributed by atoms with Crippen molar-refractivity contribution in [1.82, 2.24) is 5.32 Å². The van der Waals surface area contributed by atoms with Crippen LogP contribution in [-0.4, -0.2) is 28.7 Å². The van der Waals surface area contributed by atoms with Gasteiger partial charge in [0.15, 0.2) is 12.7 Å². The van der Waals surface area contributed by atoms with Gasteiger partial charge in [-0.1, -0.05) is 91.0 Å². The van der Waals surface area contributed by atoms with Crippen LogP contribution < -0.4 is 10.1 Å². The molecule has 0 aliphatic rings. The van der Waals surface area contributed by atoms with E-state index in [0.717, 1.165) is 11.1 Å². The van der Waals surface area contributed by atoms with Gasteiger partial charge in [0.1, 0.15) is 5.75 Å². The van der Waals surface area contributed by atoms with E-state index in [4.69, 9.17) is 4.74 Å². The average molecular weight is 441 g/mol. The zero-order valence-corrected chi connectivity index (χ0v) is 17.7. The molecule has 0 saturated carbocycles. The summed E-state index contributed by atoms with van der Waals surface area (Å²) in [6.07, 6.45) is -1.65. The Kier molecular flexibility index (Phi) is 6.66. The Morgan fingerprint density at radius 2 is 1.33 bits per heavy atom. The van der Waals surface area contributed by atoms with E-state index in [9.17, 15) is 19.8 Å². The minimum atomic E-state index is -1.65. The van der Waals surface area contributed by atoms with Crippen molar-refractivity contribution in [2.24, 2.45) is 0 Å². The Balaban J connectivity index is 1.54. The molecule has 0 fully saturated rings. The molecule has 4 aromatic rings. The van der Waals surface area contributed by atoms with E-state index in [1.807, 2.05) is 60.7 Å². The van der Waals surface area contributed by atoms with E-state index in [0.29, 0.717) is 16.5 Å². The molecule has 4 rings (SSSR count). The average Bonchev–Trinajstić information content (AvgIpc) is 2.86. The first-order valence-corrected chi connectivity index (χ1v) is 10.5. The highest BCUT2D eigenvalue weighted by Crippen LogP contribution is 2.31. The van der Waals surface area contributed by atoms with Gasteiger partial charge in [-0.2, -0.15) is 0 Å². The molecule has 3 N–H and O–H groups in total. The first kappa shape index (κ1) is 22.0. The fourth-order valence-electron chi connectivity index (χ4n) is 3.80. The van der Waals surface area contributed by atoms with Gasteiger partial charge in [-0.05, 0) is 28.1 Å². The van der Waals surface area contributed by atoms with Crippen molar-refractivity contribution in [3.63, 3.8) is 0 Å². The van der Waals surface area contributed by atoms with E-state index >= 15 is 0 Å². The number of carbonyl (C=O) groups is 2. The van der Waals surface area contributed by atoms with Crippen molar-refractivity contribution in [3.8, 4) is 5.75 Å². The number of hydrogen-bond donors (Lipinski definition) is 3. The monoisotopic (exact) mass is 441 g/mol. The molecule has 0 aliphatic carbocycles. The summed E-state index contributed by atoms with van der Waals surface area (Å²) in [6, 6.07) is 29.1. The Morgan fingerprint density at radius 3 is 1.94 bits per heavy atom. The number of carboxylic acid groups (broad SMARTS) is 1. The SMILES string of the molecule is O=C(COc1cccc2c(C(O)C(=O)O)cccc12)NC(c1ccccc1)c1ccccc1. The lowest BCUT2D eigenvalue weighted by atomic mass is 9.99. The molecule has 0 bridgehead atoms. The van der Waals surface area contributed by atoms with Crippen LogP contribution in [-0.2, 0) is 9.59 Å². The second kappa shape index (κ2) is 9.97. The van der Waals surface area contributed by atoms with Crippen LogP contribution in [0.25, 0.3) is 10.8 Å². The zero-order valence-electron chi connectivity index (χ0n) is 17.7. The smallest absolute Gasteiger partial charge is 0.337 e. The van der Waals surface area contributed by atoms with Crippen LogP contribution in [0.5, 0.6) is 5.75 Å². The fraction of sp³-hybridized carbons (Fsp3) is 0.111. The van der Waals surface area contributed by atoms with Crippen LogP contribution in [0.4, 0.5) is 0 Å². The lowest BCUT2D eigenvalue weighted by Gasteiger charge is -2.20. The van der Waals surface area contributed by atoms with Gasteiger partial charge in [0, 0.05) is 5.39 Å². The first-order valence-electron chi connectivity index (χ1n) is 10.5. The number of benzene rings is 4. The summed E-state index contributed by atoms with van der Waals surface area (Å²) in [5, 5.41) is 23.4. The number of amides is 1. The van der Waals surface area contributed by atoms with E-state index in [1.54, 1.807) is 36.4 Å². The molecule has 166 valence electrons. The Labute approximate surface area is 191 Å². The van der Waals surface area contributed by atoms with Crippen molar-refractivity contribution >= 4 is 22.6 Å². The summed E-state index contributed by atoms with van der Waals surface area (Å²) in [4.78, 5) is 24.1. The second-order valence-electron chi connectivity index (χ2n) is 7.55. The number of aliphatic hydroxyl groups excluding tert-OH is 1. The number of aliphatic carboxylic acids is 1. The molecule has 1 atom stereocenters. The maximum Gasteiger partial charge on any atom is 0.337 e. The number of ether oxygens (including phenoxy) is 1. The lowest BCUT2D eigenvalue weighted by Crippen LogP contribution is -2.33. The summed E-state index contributed by atoms with van der Waals surface area (Å²) in [7, 11) is 0. The van der Waals surface area contributed by atoms with Crippen molar-refractivity contribution in [2.75, 3.05) is 6.61 Å². The molecule has 33 heavy (non-hydrogen) atoms. The van der Waals surface area contributed by atoms with E-state index in [2.05, 4.69) is 5.32 Å². The van der Waals surface area contributed by atoms with Crippen LogP contribution >= 0.6 is 0 Å². The Bertz CT molecular complexity index is 1220. The number of aliphatic hydroxyl groups is 1. The summed E-state index contributed by atoms with van der Waals surface area (Å²) in [5.74, 6) is -1.20. The molecule has 0 radical (unpaired) electrons. The largest absolute Gasteiger partial charge is 0.483 e. The molecule has 0 aliphatic heterocycles. The lowest BCUT2D eigenvalue weighted by molar-refractivity contribution is -0.146. The first-order chi connectivity index (χ1) is 16.0. The van der Waals surface area contributed by atoms with Crippen molar-refractivity contribution in [3.05, 3.63) is 114 Å². The van der Waals surface area contributed by atoms with E-state index < -0.39 is 12.1 Å². The summed E-state index contributed by atoms with van der Waals surface area (Å²) in [6.45, 7) is -0.221. The van der Waals surface area contributed by atoms with Crippen LogP contribution in [0.15, 0.2) is 97.1 Å². The van der Waals surface area contributed by atoms with Crippen LogP contribution in [0.2, 0.25) is 0 Å². The zero-order chi connectivity index (χ0) is 23.2. The molecule has 0 aromatic heterocycles. The minimum Gasteiger partial charge on any atom is -0.483 e.